The summed E-state index contributed by atoms with van der Waals surface area (Å²) >= 11 is 0. The van der Waals surface area contributed by atoms with Crippen molar-refractivity contribution >= 4 is 21.8 Å². The van der Waals surface area contributed by atoms with Gasteiger partial charge in [-0.1, -0.05) is 33.1 Å². The van der Waals surface area contributed by atoms with Crippen LogP contribution in [0.4, 0.5) is 4.39 Å². The van der Waals surface area contributed by atoms with Crippen LogP contribution in [0.25, 0.3) is 0 Å². The van der Waals surface area contributed by atoms with E-state index < -0.39 is 27.8 Å². The Morgan fingerprint density at radius 3 is 2.41 bits per heavy atom. The maximum absolute atomic E-state index is 13.2. The van der Waals surface area contributed by atoms with E-state index in [0.717, 1.165) is 44.2 Å². The maximum atomic E-state index is 13.2. The van der Waals surface area contributed by atoms with Gasteiger partial charge in [0.15, 0.2) is 0 Å². The summed E-state index contributed by atoms with van der Waals surface area (Å²) < 4.78 is 40.4. The molecule has 2 N–H and O–H groups in total. The van der Waals surface area contributed by atoms with Crippen LogP contribution in [0.15, 0.2) is 29.2 Å². The Morgan fingerprint density at radius 1 is 1.12 bits per heavy atom. The molecule has 7 nitrogen and oxygen atoms in total. The van der Waals surface area contributed by atoms with E-state index >= 15 is 0 Å². The maximum Gasteiger partial charge on any atom is 0.243 e. The van der Waals surface area contributed by atoms with Gasteiger partial charge in [0, 0.05) is 19.1 Å². The molecule has 2 aliphatic rings. The van der Waals surface area contributed by atoms with Crippen LogP contribution in [0.2, 0.25) is 0 Å². The lowest BCUT2D eigenvalue weighted by Gasteiger charge is -2.33. The second-order valence-electron chi connectivity index (χ2n) is 9.02. The highest BCUT2D eigenvalue weighted by molar-refractivity contribution is 7.89. The molecule has 0 bridgehead atoms. The average Bonchev–Trinajstić information content (AvgIpc) is 3.30. The molecule has 0 radical (unpaired) electrons. The van der Waals surface area contributed by atoms with Crippen molar-refractivity contribution in [2.75, 3.05) is 13.1 Å². The number of hydrogen-bond donors (Lipinski definition) is 2. The molecule has 1 aliphatic heterocycles. The summed E-state index contributed by atoms with van der Waals surface area (Å²) in [4.78, 5) is 26.0. The molecule has 1 heterocycles. The summed E-state index contributed by atoms with van der Waals surface area (Å²) in [6, 6.07) is 4.22. The highest BCUT2D eigenvalue weighted by Crippen LogP contribution is 2.25. The van der Waals surface area contributed by atoms with E-state index in [4.69, 9.17) is 0 Å². The summed E-state index contributed by atoms with van der Waals surface area (Å²) in [5.41, 5.74) is 0. The van der Waals surface area contributed by atoms with Crippen LogP contribution >= 0.6 is 0 Å². The number of nitrogens with zero attached hydrogens (tertiary/aromatic N) is 1. The number of nitrogens with one attached hydrogen (secondary N) is 2. The van der Waals surface area contributed by atoms with Gasteiger partial charge in [-0.15, -0.1) is 0 Å². The molecule has 1 aromatic carbocycles. The third-order valence-corrected chi connectivity index (χ3v) is 8.58. The monoisotopic (exact) mass is 467 g/mol. The number of halogens is 1. The van der Waals surface area contributed by atoms with E-state index in [1.54, 1.807) is 0 Å². The van der Waals surface area contributed by atoms with Crippen molar-refractivity contribution in [1.82, 2.24) is 14.9 Å². The summed E-state index contributed by atoms with van der Waals surface area (Å²) in [5.74, 6) is -1.54. The molecule has 178 valence electrons. The second kappa shape index (κ2) is 10.7. The Hall–Kier alpha value is -2.00. The molecule has 9 heteroatoms. The number of benzene rings is 1. The minimum absolute atomic E-state index is 0.00776. The van der Waals surface area contributed by atoms with E-state index in [1.165, 1.54) is 16.4 Å². The molecular formula is C23H34FN3O4S. The number of rotatable bonds is 8. The molecule has 3 rings (SSSR count). The zero-order valence-electron chi connectivity index (χ0n) is 18.8. The number of carbonyl (C=O) groups is 2. The molecular weight excluding hydrogens is 433 g/mol. The highest BCUT2D eigenvalue weighted by Gasteiger charge is 2.36. The zero-order chi connectivity index (χ0) is 23.3. The first kappa shape index (κ1) is 24.6. The fraction of sp³-hybridized carbons (Fsp3) is 0.652. The zero-order valence-corrected chi connectivity index (χ0v) is 19.7. The molecule has 1 saturated carbocycles. The van der Waals surface area contributed by atoms with Crippen molar-refractivity contribution in [3.05, 3.63) is 30.1 Å². The van der Waals surface area contributed by atoms with Gasteiger partial charge >= 0.3 is 0 Å². The third-order valence-electron chi connectivity index (χ3n) is 6.70. The Morgan fingerprint density at radius 2 is 1.78 bits per heavy atom. The summed E-state index contributed by atoms with van der Waals surface area (Å²) in [5, 5.41) is 5.98. The fourth-order valence-corrected chi connectivity index (χ4v) is 5.99. The SMILES string of the molecule is CC[C@H](C)[C@H](NC(=O)[C@@H]1CCCN(S(=O)(=O)c2ccc(F)cc2)C1)C(=O)NC1CCCC1. The van der Waals surface area contributed by atoms with Gasteiger partial charge in [0.05, 0.1) is 10.8 Å². The largest absolute Gasteiger partial charge is 0.352 e. The van der Waals surface area contributed by atoms with Crippen LogP contribution in [0, 0.1) is 17.7 Å². The quantitative estimate of drug-likeness (QED) is 0.615. The minimum Gasteiger partial charge on any atom is -0.352 e. The number of hydrogen-bond acceptors (Lipinski definition) is 4. The molecule has 1 aliphatic carbocycles. The highest BCUT2D eigenvalue weighted by atomic mass is 32.2. The van der Waals surface area contributed by atoms with Crippen molar-refractivity contribution in [3.63, 3.8) is 0 Å². The van der Waals surface area contributed by atoms with Gasteiger partial charge in [0.1, 0.15) is 11.9 Å². The van der Waals surface area contributed by atoms with Gasteiger partial charge in [-0.05, 0) is 55.9 Å². The Balaban J connectivity index is 1.67. The Bertz CT molecular complexity index is 900. The van der Waals surface area contributed by atoms with E-state index in [9.17, 15) is 22.4 Å². The molecule has 0 spiro atoms. The van der Waals surface area contributed by atoms with Crippen LogP contribution in [0.1, 0.15) is 58.8 Å². The van der Waals surface area contributed by atoms with E-state index in [2.05, 4.69) is 10.6 Å². The van der Waals surface area contributed by atoms with Crippen LogP contribution < -0.4 is 10.6 Å². The predicted octanol–water partition coefficient (Wildman–Crippen LogP) is 2.82. The van der Waals surface area contributed by atoms with Gasteiger partial charge in [-0.25, -0.2) is 12.8 Å². The normalized spacial score (nSPS) is 22.3. The number of sulfonamides is 1. The second-order valence-corrected chi connectivity index (χ2v) is 11.0. The molecule has 1 aromatic rings. The molecule has 1 saturated heterocycles. The third kappa shape index (κ3) is 5.86. The predicted molar refractivity (Wildman–Crippen MR) is 120 cm³/mol. The fourth-order valence-electron chi connectivity index (χ4n) is 4.46. The van der Waals surface area contributed by atoms with Crippen molar-refractivity contribution in [3.8, 4) is 0 Å². The Kier molecular flexibility index (Phi) is 8.27. The van der Waals surface area contributed by atoms with Crippen LogP contribution in [0.3, 0.4) is 0 Å². The molecule has 2 fully saturated rings. The molecule has 32 heavy (non-hydrogen) atoms. The van der Waals surface area contributed by atoms with Gasteiger partial charge < -0.3 is 10.6 Å². The van der Waals surface area contributed by atoms with E-state index in [1.807, 2.05) is 13.8 Å². The number of piperidine rings is 1. The minimum atomic E-state index is -3.82. The van der Waals surface area contributed by atoms with Gasteiger partial charge in [-0.3, -0.25) is 9.59 Å². The summed E-state index contributed by atoms with van der Waals surface area (Å²) in [7, 11) is -3.82. The molecule has 3 atom stereocenters. The Labute approximate surface area is 190 Å². The van der Waals surface area contributed by atoms with Crippen molar-refractivity contribution in [2.45, 2.75) is 75.8 Å². The van der Waals surface area contributed by atoms with Crippen LogP contribution in [0.5, 0.6) is 0 Å². The smallest absolute Gasteiger partial charge is 0.243 e. The lowest BCUT2D eigenvalue weighted by Crippen LogP contribution is -2.55. The first-order valence-corrected chi connectivity index (χ1v) is 13.0. The summed E-state index contributed by atoms with van der Waals surface area (Å²) in [6.45, 7) is 4.26. The first-order chi connectivity index (χ1) is 15.2. The van der Waals surface area contributed by atoms with E-state index in [0.29, 0.717) is 19.4 Å². The molecule has 0 unspecified atom stereocenters. The van der Waals surface area contributed by atoms with Gasteiger partial charge in [0.2, 0.25) is 21.8 Å². The lowest BCUT2D eigenvalue weighted by molar-refractivity contribution is -0.133. The van der Waals surface area contributed by atoms with E-state index in [-0.39, 0.29) is 35.2 Å². The van der Waals surface area contributed by atoms with Crippen molar-refractivity contribution in [1.29, 1.82) is 0 Å². The molecule has 0 aromatic heterocycles. The standard InChI is InChI=1S/C23H34FN3O4S/c1-3-16(2)21(23(29)25-19-8-4-5-9-19)26-22(28)17-7-6-14-27(15-17)32(30,31)20-12-10-18(24)11-13-20/h10-13,16-17,19,21H,3-9,14-15H2,1-2H3,(H,25,29)(H,26,28)/t16-,17+,21-/m0/s1. The van der Waals surface area contributed by atoms with Crippen LogP contribution in [-0.4, -0.2) is 49.7 Å². The topological polar surface area (TPSA) is 95.6 Å². The number of amides is 2. The van der Waals surface area contributed by atoms with Crippen molar-refractivity contribution < 1.29 is 22.4 Å². The lowest BCUT2D eigenvalue weighted by atomic mass is 9.94. The average molecular weight is 468 g/mol. The first-order valence-electron chi connectivity index (χ1n) is 11.6. The van der Waals surface area contributed by atoms with Crippen molar-refractivity contribution in [2.24, 2.45) is 11.8 Å². The van der Waals surface area contributed by atoms with Gasteiger partial charge in [-0.2, -0.15) is 4.31 Å². The molecule has 2 amide bonds. The van der Waals surface area contributed by atoms with Gasteiger partial charge in [0.25, 0.3) is 0 Å². The number of carbonyl (C=O) groups excluding carboxylic acids is 2. The van der Waals surface area contributed by atoms with Crippen LogP contribution in [-0.2, 0) is 19.6 Å². The summed E-state index contributed by atoms with van der Waals surface area (Å²) in [6.07, 6.45) is 5.97.